The zero-order valence-electron chi connectivity index (χ0n) is 12.3. The molecule has 0 aromatic heterocycles. The van der Waals surface area contributed by atoms with Crippen LogP contribution in [-0.2, 0) is 14.8 Å². The molecule has 1 rings (SSSR count). The van der Waals surface area contributed by atoms with Gasteiger partial charge in [-0.2, -0.15) is 0 Å². The van der Waals surface area contributed by atoms with E-state index in [9.17, 15) is 8.42 Å². The molecule has 0 amide bonds. The number of nitrogens with one attached hydrogen (secondary N) is 1. The summed E-state index contributed by atoms with van der Waals surface area (Å²) in [4.78, 5) is 0. The van der Waals surface area contributed by atoms with Crippen LogP contribution in [0.25, 0.3) is 0 Å². The Bertz CT molecular complexity index is 370. The molecule has 0 aromatic rings. The predicted molar refractivity (Wildman–Crippen MR) is 77.4 cm³/mol. The summed E-state index contributed by atoms with van der Waals surface area (Å²) in [7, 11) is -3.34. The number of rotatable bonds is 7. The van der Waals surface area contributed by atoms with E-state index >= 15 is 0 Å². The molecule has 2 unspecified atom stereocenters. The van der Waals surface area contributed by atoms with Crippen molar-refractivity contribution in [2.75, 3.05) is 18.9 Å². The molecule has 1 aliphatic rings. The zero-order chi connectivity index (χ0) is 14.5. The molecule has 0 radical (unpaired) electrons. The van der Waals surface area contributed by atoms with Gasteiger partial charge in [0.15, 0.2) is 0 Å². The maximum Gasteiger partial charge on any atom is 0.214 e. The van der Waals surface area contributed by atoms with Crippen LogP contribution in [-0.4, -0.2) is 39.0 Å². The fraction of sp³-hybridized carbons (Fsp3) is 1.00. The number of nitrogens with two attached hydrogens (primary N) is 1. The molecule has 3 N–H and O–H groups in total. The molecule has 1 aliphatic carbocycles. The van der Waals surface area contributed by atoms with Crippen LogP contribution < -0.4 is 10.5 Å². The summed E-state index contributed by atoms with van der Waals surface area (Å²) in [5.74, 6) is 0.284. The fourth-order valence-electron chi connectivity index (χ4n) is 2.66. The number of ether oxygens (including phenoxy) is 1. The lowest BCUT2D eigenvalue weighted by molar-refractivity contribution is 0.0908. The van der Waals surface area contributed by atoms with Crippen LogP contribution >= 0.6 is 0 Å². The van der Waals surface area contributed by atoms with Gasteiger partial charge >= 0.3 is 0 Å². The van der Waals surface area contributed by atoms with Gasteiger partial charge in [-0.1, -0.05) is 19.8 Å². The molecular formula is C13H28N2O3S. The van der Waals surface area contributed by atoms with Gasteiger partial charge in [0, 0.05) is 12.1 Å². The van der Waals surface area contributed by atoms with E-state index in [2.05, 4.69) is 11.6 Å². The van der Waals surface area contributed by atoms with Crippen molar-refractivity contribution < 1.29 is 13.2 Å². The van der Waals surface area contributed by atoms with E-state index in [0.717, 1.165) is 25.7 Å². The minimum atomic E-state index is -3.34. The van der Waals surface area contributed by atoms with Gasteiger partial charge in [0.05, 0.1) is 18.5 Å². The molecule has 0 bridgehead atoms. The highest BCUT2D eigenvalue weighted by atomic mass is 32.2. The van der Waals surface area contributed by atoms with Gasteiger partial charge in [0.2, 0.25) is 10.0 Å². The molecular weight excluding hydrogens is 264 g/mol. The largest absolute Gasteiger partial charge is 0.378 e. The summed E-state index contributed by atoms with van der Waals surface area (Å²) < 4.78 is 32.4. The van der Waals surface area contributed by atoms with Gasteiger partial charge in [-0.15, -0.1) is 0 Å². The molecule has 114 valence electrons. The molecule has 2 atom stereocenters. The van der Waals surface area contributed by atoms with Gasteiger partial charge in [-0.3, -0.25) is 0 Å². The maximum atomic E-state index is 12.1. The average Bonchev–Trinajstić information content (AvgIpc) is 2.31. The Morgan fingerprint density at radius 2 is 2.11 bits per heavy atom. The van der Waals surface area contributed by atoms with Gasteiger partial charge in [-0.25, -0.2) is 13.1 Å². The first kappa shape index (κ1) is 16.9. The molecule has 0 saturated heterocycles. The van der Waals surface area contributed by atoms with Gasteiger partial charge in [0.25, 0.3) is 0 Å². The van der Waals surface area contributed by atoms with E-state index < -0.39 is 15.6 Å². The third kappa shape index (κ3) is 5.02. The second-order valence-electron chi connectivity index (χ2n) is 5.85. The molecule has 19 heavy (non-hydrogen) atoms. The molecule has 6 heteroatoms. The van der Waals surface area contributed by atoms with Crippen LogP contribution in [0.2, 0.25) is 0 Å². The number of sulfonamides is 1. The van der Waals surface area contributed by atoms with E-state index in [0.29, 0.717) is 6.54 Å². The van der Waals surface area contributed by atoms with Crippen molar-refractivity contribution in [2.45, 2.75) is 58.1 Å². The summed E-state index contributed by atoms with van der Waals surface area (Å²) in [5.41, 5.74) is 5.39. The lowest BCUT2D eigenvalue weighted by Gasteiger charge is -2.42. The van der Waals surface area contributed by atoms with Crippen molar-refractivity contribution in [3.63, 3.8) is 0 Å². The normalized spacial score (nSPS) is 28.8. The summed E-state index contributed by atoms with van der Waals surface area (Å²) in [6.07, 6.45) is 4.09. The van der Waals surface area contributed by atoms with E-state index in [4.69, 9.17) is 10.5 Å². The van der Waals surface area contributed by atoms with Crippen LogP contribution in [0.5, 0.6) is 0 Å². The Labute approximate surface area is 117 Å². The SMILES string of the molecule is CC(C)OCCS(=O)(=O)NC1(CN)CCCCC1C. The maximum absolute atomic E-state index is 12.1. The Balaban J connectivity index is 2.63. The molecule has 0 spiro atoms. The minimum Gasteiger partial charge on any atom is -0.378 e. The molecule has 5 nitrogen and oxygen atoms in total. The van der Waals surface area contributed by atoms with E-state index in [1.807, 2.05) is 13.8 Å². The second kappa shape index (κ2) is 7.02. The molecule has 0 heterocycles. The van der Waals surface area contributed by atoms with Crippen molar-refractivity contribution in [2.24, 2.45) is 11.7 Å². The van der Waals surface area contributed by atoms with Crippen molar-refractivity contribution in [1.29, 1.82) is 0 Å². The second-order valence-corrected chi connectivity index (χ2v) is 7.69. The highest BCUT2D eigenvalue weighted by Gasteiger charge is 2.39. The van der Waals surface area contributed by atoms with E-state index in [-0.39, 0.29) is 24.4 Å². The van der Waals surface area contributed by atoms with E-state index in [1.54, 1.807) is 0 Å². The average molecular weight is 292 g/mol. The van der Waals surface area contributed by atoms with Crippen LogP contribution in [0.15, 0.2) is 0 Å². The quantitative estimate of drug-likeness (QED) is 0.739. The van der Waals surface area contributed by atoms with Crippen molar-refractivity contribution in [3.05, 3.63) is 0 Å². The van der Waals surface area contributed by atoms with Crippen LogP contribution in [0, 0.1) is 5.92 Å². The third-order valence-corrected chi connectivity index (χ3v) is 5.40. The van der Waals surface area contributed by atoms with Gasteiger partial charge in [-0.05, 0) is 32.6 Å². The topological polar surface area (TPSA) is 81.4 Å². The Hall–Kier alpha value is -0.170. The van der Waals surface area contributed by atoms with E-state index in [1.165, 1.54) is 0 Å². The lowest BCUT2D eigenvalue weighted by Crippen LogP contribution is -2.59. The molecule has 0 aromatic carbocycles. The first-order chi connectivity index (χ1) is 8.81. The molecule has 1 saturated carbocycles. The Morgan fingerprint density at radius 1 is 1.42 bits per heavy atom. The highest BCUT2D eigenvalue weighted by molar-refractivity contribution is 7.89. The zero-order valence-corrected chi connectivity index (χ0v) is 13.1. The fourth-order valence-corrected chi connectivity index (χ4v) is 4.09. The van der Waals surface area contributed by atoms with Crippen molar-refractivity contribution in [1.82, 2.24) is 4.72 Å². The number of hydrogen-bond acceptors (Lipinski definition) is 4. The molecule has 1 fully saturated rings. The van der Waals surface area contributed by atoms with Crippen molar-refractivity contribution in [3.8, 4) is 0 Å². The molecule has 0 aliphatic heterocycles. The summed E-state index contributed by atoms with van der Waals surface area (Å²) in [6.45, 7) is 6.45. The van der Waals surface area contributed by atoms with Crippen LogP contribution in [0.4, 0.5) is 0 Å². The van der Waals surface area contributed by atoms with Crippen LogP contribution in [0.1, 0.15) is 46.5 Å². The first-order valence-electron chi connectivity index (χ1n) is 7.14. The highest BCUT2D eigenvalue weighted by Crippen LogP contribution is 2.33. The minimum absolute atomic E-state index is 0.000347. The monoisotopic (exact) mass is 292 g/mol. The summed E-state index contributed by atoms with van der Waals surface area (Å²) in [5, 5.41) is 0. The van der Waals surface area contributed by atoms with Crippen LogP contribution in [0.3, 0.4) is 0 Å². The lowest BCUT2D eigenvalue weighted by atomic mass is 9.74. The third-order valence-electron chi connectivity index (χ3n) is 3.98. The van der Waals surface area contributed by atoms with Gasteiger partial charge < -0.3 is 10.5 Å². The predicted octanol–water partition coefficient (Wildman–Crippen LogP) is 1.24. The van der Waals surface area contributed by atoms with Gasteiger partial charge in [0.1, 0.15) is 0 Å². The van der Waals surface area contributed by atoms with Crippen molar-refractivity contribution >= 4 is 10.0 Å². The Morgan fingerprint density at radius 3 is 2.63 bits per heavy atom. The Kier molecular flexibility index (Phi) is 6.23. The first-order valence-corrected chi connectivity index (χ1v) is 8.80. The smallest absolute Gasteiger partial charge is 0.214 e. The standard InChI is InChI=1S/C13H28N2O3S/c1-11(2)18-8-9-19(16,17)15-13(10-14)7-5-4-6-12(13)3/h11-12,15H,4-10,14H2,1-3H3. The number of hydrogen-bond donors (Lipinski definition) is 2. The summed E-state index contributed by atoms with van der Waals surface area (Å²) >= 11 is 0. The summed E-state index contributed by atoms with van der Waals surface area (Å²) in [6, 6.07) is 0.